The van der Waals surface area contributed by atoms with Crippen LogP contribution in [0.5, 0.6) is 0 Å². The summed E-state index contributed by atoms with van der Waals surface area (Å²) in [6, 6.07) is 10.6. The number of fused-ring (bicyclic) bond motifs is 1. The highest BCUT2D eigenvalue weighted by atomic mass is 16.5. The number of ether oxygens (including phenoxy) is 1. The first-order chi connectivity index (χ1) is 9.74. The highest BCUT2D eigenvalue weighted by Crippen LogP contribution is 2.23. The van der Waals surface area contributed by atoms with Crippen molar-refractivity contribution in [2.45, 2.75) is 25.8 Å². The topological polar surface area (TPSA) is 60.2 Å². The molecule has 0 aliphatic carbocycles. The van der Waals surface area contributed by atoms with Crippen LogP contribution in [-0.4, -0.2) is 31.3 Å². The van der Waals surface area contributed by atoms with Gasteiger partial charge in [0.25, 0.3) is 0 Å². The minimum absolute atomic E-state index is 0.261. The molecule has 0 amide bonds. The molecule has 4 nitrogen and oxygen atoms in total. The Bertz CT molecular complexity index is 556. The van der Waals surface area contributed by atoms with Crippen LogP contribution in [0.4, 0.5) is 5.69 Å². The zero-order valence-corrected chi connectivity index (χ0v) is 12.2. The van der Waals surface area contributed by atoms with Crippen molar-refractivity contribution in [3.63, 3.8) is 0 Å². The first kappa shape index (κ1) is 14.8. The Morgan fingerprint density at radius 2 is 2.15 bits per heavy atom. The third kappa shape index (κ3) is 3.68. The van der Waals surface area contributed by atoms with E-state index in [0.29, 0.717) is 13.2 Å². The Kier molecular flexibility index (Phi) is 5.32. The summed E-state index contributed by atoms with van der Waals surface area (Å²) in [5, 5.41) is 4.69. The third-order valence-corrected chi connectivity index (χ3v) is 3.34. The van der Waals surface area contributed by atoms with Crippen LogP contribution in [0.25, 0.3) is 10.9 Å². The number of hydrogen-bond donors (Lipinski definition) is 2. The molecule has 4 heteroatoms. The van der Waals surface area contributed by atoms with Crippen LogP contribution in [0.2, 0.25) is 0 Å². The number of aryl methyl sites for hydroxylation is 1. The zero-order chi connectivity index (χ0) is 14.4. The van der Waals surface area contributed by atoms with E-state index in [1.54, 1.807) is 7.11 Å². The molecule has 0 aliphatic heterocycles. The number of para-hydroxylation sites is 1. The standard InChI is InChI=1S/C16H23N3O/c1-12-8-9-13-5-3-7-15(16(13)18-12)19-14(11-20-2)6-4-10-17/h3,5,7-9,14,19H,4,6,10-11,17H2,1-2H3. The summed E-state index contributed by atoms with van der Waals surface area (Å²) < 4.78 is 5.29. The van der Waals surface area contributed by atoms with Crippen LogP contribution in [0.3, 0.4) is 0 Å². The van der Waals surface area contributed by atoms with Crippen LogP contribution in [0.1, 0.15) is 18.5 Å². The van der Waals surface area contributed by atoms with E-state index in [2.05, 4.69) is 34.6 Å². The minimum atomic E-state index is 0.261. The molecule has 0 saturated carbocycles. The number of aromatic nitrogens is 1. The second-order valence-corrected chi connectivity index (χ2v) is 5.06. The molecule has 1 aromatic heterocycles. The fourth-order valence-corrected chi connectivity index (χ4v) is 2.34. The Morgan fingerprint density at radius 3 is 2.90 bits per heavy atom. The summed E-state index contributed by atoms with van der Waals surface area (Å²) in [4.78, 5) is 4.64. The zero-order valence-electron chi connectivity index (χ0n) is 12.2. The van der Waals surface area contributed by atoms with E-state index in [-0.39, 0.29) is 6.04 Å². The number of methoxy groups -OCH3 is 1. The van der Waals surface area contributed by atoms with E-state index >= 15 is 0 Å². The van der Waals surface area contributed by atoms with E-state index in [0.717, 1.165) is 35.1 Å². The summed E-state index contributed by atoms with van der Waals surface area (Å²) in [6.07, 6.45) is 1.98. The molecular weight excluding hydrogens is 250 g/mol. The Hall–Kier alpha value is -1.65. The van der Waals surface area contributed by atoms with Crippen molar-refractivity contribution in [3.05, 3.63) is 36.0 Å². The van der Waals surface area contributed by atoms with Gasteiger partial charge in [-0.2, -0.15) is 0 Å². The molecule has 1 unspecified atom stereocenters. The molecule has 1 heterocycles. The van der Waals surface area contributed by atoms with E-state index in [9.17, 15) is 0 Å². The summed E-state index contributed by atoms with van der Waals surface area (Å²) in [5.41, 5.74) is 8.70. The highest BCUT2D eigenvalue weighted by molar-refractivity contribution is 5.90. The molecule has 2 rings (SSSR count). The molecule has 2 aromatic rings. The van der Waals surface area contributed by atoms with Crippen molar-refractivity contribution in [3.8, 4) is 0 Å². The van der Waals surface area contributed by atoms with Crippen molar-refractivity contribution < 1.29 is 4.74 Å². The van der Waals surface area contributed by atoms with Crippen LogP contribution >= 0.6 is 0 Å². The first-order valence-electron chi connectivity index (χ1n) is 7.06. The summed E-state index contributed by atoms with van der Waals surface area (Å²) in [7, 11) is 1.72. The molecule has 20 heavy (non-hydrogen) atoms. The van der Waals surface area contributed by atoms with Gasteiger partial charge < -0.3 is 15.8 Å². The van der Waals surface area contributed by atoms with Gasteiger partial charge >= 0.3 is 0 Å². The van der Waals surface area contributed by atoms with Gasteiger partial charge in [0.1, 0.15) is 0 Å². The monoisotopic (exact) mass is 273 g/mol. The number of pyridine rings is 1. The quantitative estimate of drug-likeness (QED) is 0.814. The van der Waals surface area contributed by atoms with Gasteiger partial charge in [0.2, 0.25) is 0 Å². The van der Waals surface area contributed by atoms with Gasteiger partial charge in [-0.3, -0.25) is 4.98 Å². The second-order valence-electron chi connectivity index (χ2n) is 5.06. The average molecular weight is 273 g/mol. The number of nitrogens with one attached hydrogen (secondary N) is 1. The maximum Gasteiger partial charge on any atom is 0.0936 e. The molecule has 1 aromatic carbocycles. The minimum Gasteiger partial charge on any atom is -0.383 e. The fourth-order valence-electron chi connectivity index (χ4n) is 2.34. The normalized spacial score (nSPS) is 12.6. The van der Waals surface area contributed by atoms with Crippen LogP contribution in [0, 0.1) is 6.92 Å². The van der Waals surface area contributed by atoms with E-state index < -0.39 is 0 Å². The molecular formula is C16H23N3O. The molecule has 0 spiro atoms. The molecule has 0 fully saturated rings. The predicted molar refractivity (Wildman–Crippen MR) is 84.1 cm³/mol. The van der Waals surface area contributed by atoms with Gasteiger partial charge in [-0.1, -0.05) is 18.2 Å². The van der Waals surface area contributed by atoms with E-state index in [1.165, 1.54) is 0 Å². The average Bonchev–Trinajstić information content (AvgIpc) is 2.45. The lowest BCUT2D eigenvalue weighted by atomic mass is 10.1. The number of benzene rings is 1. The Morgan fingerprint density at radius 1 is 1.30 bits per heavy atom. The lowest BCUT2D eigenvalue weighted by Gasteiger charge is -2.20. The maximum absolute atomic E-state index is 5.60. The van der Waals surface area contributed by atoms with Crippen molar-refractivity contribution in [2.24, 2.45) is 5.73 Å². The summed E-state index contributed by atoms with van der Waals surface area (Å²) in [6.45, 7) is 3.38. The number of nitrogens with two attached hydrogens (primary N) is 1. The van der Waals surface area contributed by atoms with Crippen molar-refractivity contribution in [1.82, 2.24) is 4.98 Å². The SMILES string of the molecule is COCC(CCCN)Nc1cccc2ccc(C)nc12. The fraction of sp³-hybridized carbons (Fsp3) is 0.438. The van der Waals surface area contributed by atoms with Crippen molar-refractivity contribution in [2.75, 3.05) is 25.6 Å². The largest absolute Gasteiger partial charge is 0.383 e. The lowest BCUT2D eigenvalue weighted by molar-refractivity contribution is 0.182. The second kappa shape index (κ2) is 7.22. The molecule has 0 bridgehead atoms. The van der Waals surface area contributed by atoms with Crippen LogP contribution < -0.4 is 11.1 Å². The summed E-state index contributed by atoms with van der Waals surface area (Å²) >= 11 is 0. The van der Waals surface area contributed by atoms with Gasteiger partial charge in [-0.05, 0) is 38.4 Å². The third-order valence-electron chi connectivity index (χ3n) is 3.34. The number of anilines is 1. The van der Waals surface area contributed by atoms with E-state index in [1.807, 2.05) is 13.0 Å². The Balaban J connectivity index is 2.24. The number of nitrogens with zero attached hydrogens (tertiary/aromatic N) is 1. The van der Waals surface area contributed by atoms with Gasteiger partial charge in [-0.25, -0.2) is 0 Å². The smallest absolute Gasteiger partial charge is 0.0936 e. The van der Waals surface area contributed by atoms with Gasteiger partial charge in [0.05, 0.1) is 17.8 Å². The number of rotatable bonds is 7. The summed E-state index contributed by atoms with van der Waals surface area (Å²) in [5.74, 6) is 0. The van der Waals surface area contributed by atoms with Gasteiger partial charge in [0, 0.05) is 24.2 Å². The van der Waals surface area contributed by atoms with Crippen molar-refractivity contribution in [1.29, 1.82) is 0 Å². The maximum atomic E-state index is 5.60. The lowest BCUT2D eigenvalue weighted by Crippen LogP contribution is -2.26. The Labute approximate surface area is 120 Å². The molecule has 3 N–H and O–H groups in total. The molecule has 0 saturated heterocycles. The number of hydrogen-bond acceptors (Lipinski definition) is 4. The molecule has 1 atom stereocenters. The van der Waals surface area contributed by atoms with Crippen molar-refractivity contribution >= 4 is 16.6 Å². The van der Waals surface area contributed by atoms with Gasteiger partial charge in [0.15, 0.2) is 0 Å². The van der Waals surface area contributed by atoms with E-state index in [4.69, 9.17) is 10.5 Å². The van der Waals surface area contributed by atoms with Crippen LogP contribution in [0.15, 0.2) is 30.3 Å². The highest BCUT2D eigenvalue weighted by Gasteiger charge is 2.10. The molecule has 0 aliphatic rings. The molecule has 0 radical (unpaired) electrons. The van der Waals surface area contributed by atoms with Crippen LogP contribution in [-0.2, 0) is 4.74 Å². The predicted octanol–water partition coefficient (Wildman–Crippen LogP) is 2.71. The molecule has 108 valence electrons. The van der Waals surface area contributed by atoms with Gasteiger partial charge in [-0.15, -0.1) is 0 Å². The first-order valence-corrected chi connectivity index (χ1v) is 7.06.